The van der Waals surface area contributed by atoms with Gasteiger partial charge in [0.05, 0.1) is 18.8 Å². The van der Waals surface area contributed by atoms with Crippen LogP contribution in [-0.2, 0) is 4.79 Å². The van der Waals surface area contributed by atoms with Crippen molar-refractivity contribution in [3.63, 3.8) is 0 Å². The minimum Gasteiger partial charge on any atom is -0.492 e. The minimum atomic E-state index is 0.0827. The number of para-hydroxylation sites is 2. The van der Waals surface area contributed by atoms with Gasteiger partial charge in [-0.25, -0.2) is 0 Å². The first-order chi connectivity index (χ1) is 9.17. The highest BCUT2D eigenvalue weighted by molar-refractivity contribution is 5.97. The Labute approximate surface area is 113 Å². The first kappa shape index (κ1) is 13.8. The van der Waals surface area contributed by atoms with Crippen molar-refractivity contribution in [3.05, 3.63) is 24.3 Å². The number of amides is 1. The maximum absolute atomic E-state index is 12.2. The van der Waals surface area contributed by atoms with Crippen molar-refractivity contribution < 1.29 is 9.53 Å². The predicted octanol–water partition coefficient (Wildman–Crippen LogP) is 0.691. The third-order valence-corrected chi connectivity index (χ3v) is 3.43. The smallest absolute Gasteiger partial charge is 0.241 e. The molecule has 1 aromatic carbocycles. The molecule has 1 fully saturated rings. The summed E-state index contributed by atoms with van der Waals surface area (Å²) in [5.41, 5.74) is 6.60. The van der Waals surface area contributed by atoms with Crippen LogP contribution in [0, 0.1) is 0 Å². The van der Waals surface area contributed by atoms with Gasteiger partial charge in [-0.2, -0.15) is 0 Å². The van der Waals surface area contributed by atoms with Crippen LogP contribution < -0.4 is 15.4 Å². The summed E-state index contributed by atoms with van der Waals surface area (Å²) in [6, 6.07) is 7.83. The van der Waals surface area contributed by atoms with Crippen molar-refractivity contribution in [3.8, 4) is 5.75 Å². The number of hydrogen-bond acceptors (Lipinski definition) is 4. The van der Waals surface area contributed by atoms with Gasteiger partial charge in [-0.05, 0) is 26.1 Å². The van der Waals surface area contributed by atoms with Crippen LogP contribution in [0.3, 0.4) is 0 Å². The van der Waals surface area contributed by atoms with E-state index in [1.54, 1.807) is 4.90 Å². The van der Waals surface area contributed by atoms with Crippen LogP contribution in [0.15, 0.2) is 24.3 Å². The maximum Gasteiger partial charge on any atom is 0.241 e. The molecule has 5 nitrogen and oxygen atoms in total. The van der Waals surface area contributed by atoms with Crippen LogP contribution in [0.4, 0.5) is 5.69 Å². The van der Waals surface area contributed by atoms with E-state index in [9.17, 15) is 4.79 Å². The summed E-state index contributed by atoms with van der Waals surface area (Å²) in [7, 11) is 1.93. The van der Waals surface area contributed by atoms with E-state index in [0.717, 1.165) is 11.4 Å². The van der Waals surface area contributed by atoms with Crippen molar-refractivity contribution in [2.75, 3.05) is 38.2 Å². The van der Waals surface area contributed by atoms with Crippen LogP contribution in [0.5, 0.6) is 5.75 Å². The summed E-state index contributed by atoms with van der Waals surface area (Å²) >= 11 is 0. The number of nitrogens with two attached hydrogens (primary N) is 1. The first-order valence-electron chi connectivity index (χ1n) is 6.59. The lowest BCUT2D eigenvalue weighted by Gasteiger charge is -2.38. The molecule has 1 amide bonds. The number of carbonyl (C=O) groups excluding carboxylic acids is 1. The number of rotatable bonds is 4. The van der Waals surface area contributed by atoms with Gasteiger partial charge in [-0.1, -0.05) is 12.1 Å². The van der Waals surface area contributed by atoms with Gasteiger partial charge >= 0.3 is 0 Å². The number of likely N-dealkylation sites (N-methyl/N-ethyl adjacent to an activating group) is 1. The fourth-order valence-corrected chi connectivity index (χ4v) is 2.32. The van der Waals surface area contributed by atoms with Gasteiger partial charge in [-0.15, -0.1) is 0 Å². The van der Waals surface area contributed by atoms with Crippen LogP contribution >= 0.6 is 0 Å². The third-order valence-electron chi connectivity index (χ3n) is 3.43. The second-order valence-electron chi connectivity index (χ2n) is 4.71. The number of hydrogen-bond donors (Lipinski definition) is 1. The fourth-order valence-electron chi connectivity index (χ4n) is 2.32. The van der Waals surface area contributed by atoms with E-state index < -0.39 is 0 Å². The molecular formula is C14H21N3O2. The summed E-state index contributed by atoms with van der Waals surface area (Å²) in [5.74, 6) is 0.832. The molecule has 1 atom stereocenters. The van der Waals surface area contributed by atoms with Crippen molar-refractivity contribution in [2.24, 2.45) is 5.73 Å². The van der Waals surface area contributed by atoms with Crippen molar-refractivity contribution in [1.29, 1.82) is 0 Å². The fraction of sp³-hybridized carbons (Fsp3) is 0.500. The summed E-state index contributed by atoms with van der Waals surface area (Å²) in [6.07, 6.45) is 0. The van der Waals surface area contributed by atoms with E-state index in [1.807, 2.05) is 43.1 Å². The predicted molar refractivity (Wildman–Crippen MR) is 75.4 cm³/mol. The van der Waals surface area contributed by atoms with Gasteiger partial charge in [0, 0.05) is 19.1 Å². The SMILES string of the molecule is CCOc1ccccc1N1CC(CN)N(C)CC1=O. The molecule has 1 unspecified atom stereocenters. The Morgan fingerprint density at radius 3 is 2.84 bits per heavy atom. The topological polar surface area (TPSA) is 58.8 Å². The van der Waals surface area contributed by atoms with Gasteiger partial charge in [0.15, 0.2) is 0 Å². The van der Waals surface area contributed by atoms with Crippen molar-refractivity contribution >= 4 is 11.6 Å². The van der Waals surface area contributed by atoms with Crippen LogP contribution in [-0.4, -0.2) is 50.1 Å². The Morgan fingerprint density at radius 2 is 2.16 bits per heavy atom. The van der Waals surface area contributed by atoms with Crippen molar-refractivity contribution in [2.45, 2.75) is 13.0 Å². The highest BCUT2D eigenvalue weighted by atomic mass is 16.5. The maximum atomic E-state index is 12.2. The van der Waals surface area contributed by atoms with Gasteiger partial charge < -0.3 is 15.4 Å². The minimum absolute atomic E-state index is 0.0827. The molecule has 0 aliphatic carbocycles. The standard InChI is InChI=1S/C14H21N3O2/c1-3-19-13-7-5-4-6-12(13)17-9-11(8-15)16(2)10-14(17)18/h4-7,11H,3,8-10,15H2,1-2H3. The molecule has 2 rings (SSSR count). The molecule has 1 saturated heterocycles. The molecule has 0 spiro atoms. The Balaban J connectivity index is 2.27. The molecule has 0 saturated carbocycles. The third kappa shape index (κ3) is 2.88. The zero-order chi connectivity index (χ0) is 13.8. The lowest BCUT2D eigenvalue weighted by molar-refractivity contribution is -0.121. The molecule has 0 aromatic heterocycles. The van der Waals surface area contributed by atoms with Crippen LogP contribution in [0.1, 0.15) is 6.92 Å². The van der Waals surface area contributed by atoms with Gasteiger partial charge in [0.25, 0.3) is 0 Å². The first-order valence-corrected chi connectivity index (χ1v) is 6.59. The zero-order valence-corrected chi connectivity index (χ0v) is 11.5. The molecule has 1 heterocycles. The normalized spacial score (nSPS) is 20.7. The average Bonchev–Trinajstić information content (AvgIpc) is 2.40. The molecule has 2 N–H and O–H groups in total. The number of nitrogens with zero attached hydrogens (tertiary/aromatic N) is 2. The zero-order valence-electron chi connectivity index (χ0n) is 11.5. The molecule has 0 radical (unpaired) electrons. The second-order valence-corrected chi connectivity index (χ2v) is 4.71. The Bertz CT molecular complexity index is 450. The molecule has 1 aliphatic rings. The molecule has 104 valence electrons. The highest BCUT2D eigenvalue weighted by Crippen LogP contribution is 2.29. The Kier molecular flexibility index (Phi) is 4.39. The number of benzene rings is 1. The van der Waals surface area contributed by atoms with E-state index in [2.05, 4.69) is 0 Å². The molecule has 1 aliphatic heterocycles. The largest absolute Gasteiger partial charge is 0.492 e. The second kappa shape index (κ2) is 6.04. The molecule has 1 aromatic rings. The van der Waals surface area contributed by atoms with Gasteiger partial charge in [-0.3, -0.25) is 9.69 Å². The average molecular weight is 263 g/mol. The summed E-state index contributed by atoms with van der Waals surface area (Å²) < 4.78 is 5.60. The van der Waals surface area contributed by atoms with Crippen LogP contribution in [0.2, 0.25) is 0 Å². The van der Waals surface area contributed by atoms with E-state index in [4.69, 9.17) is 10.5 Å². The number of ether oxygens (including phenoxy) is 1. The molecule has 0 bridgehead atoms. The number of anilines is 1. The molecule has 19 heavy (non-hydrogen) atoms. The highest BCUT2D eigenvalue weighted by Gasteiger charge is 2.31. The Morgan fingerprint density at radius 1 is 1.42 bits per heavy atom. The van der Waals surface area contributed by atoms with E-state index in [1.165, 1.54) is 0 Å². The van der Waals surface area contributed by atoms with Gasteiger partial charge in [0.1, 0.15) is 5.75 Å². The molecular weight excluding hydrogens is 242 g/mol. The van der Waals surface area contributed by atoms with Crippen molar-refractivity contribution in [1.82, 2.24) is 4.90 Å². The molecule has 5 heteroatoms. The summed E-state index contributed by atoms with van der Waals surface area (Å²) in [4.78, 5) is 16.0. The van der Waals surface area contributed by atoms with E-state index >= 15 is 0 Å². The lowest BCUT2D eigenvalue weighted by atomic mass is 10.1. The quantitative estimate of drug-likeness (QED) is 0.868. The lowest BCUT2D eigenvalue weighted by Crippen LogP contribution is -2.57. The Hall–Kier alpha value is -1.59. The van der Waals surface area contributed by atoms with E-state index in [-0.39, 0.29) is 11.9 Å². The number of carbonyl (C=O) groups is 1. The monoisotopic (exact) mass is 263 g/mol. The van der Waals surface area contributed by atoms with Crippen LogP contribution in [0.25, 0.3) is 0 Å². The van der Waals surface area contributed by atoms with Gasteiger partial charge in [0.2, 0.25) is 5.91 Å². The number of piperazine rings is 1. The summed E-state index contributed by atoms with van der Waals surface area (Å²) in [5, 5.41) is 0. The summed E-state index contributed by atoms with van der Waals surface area (Å²) in [6.45, 7) is 4.06. The van der Waals surface area contributed by atoms with E-state index in [0.29, 0.717) is 26.2 Å².